The number of fused-ring (bicyclic) bond motifs is 2. The molecule has 0 aromatic heterocycles. The third-order valence-corrected chi connectivity index (χ3v) is 8.80. The van der Waals surface area contributed by atoms with Crippen molar-refractivity contribution in [2.45, 2.75) is 50.0 Å². The van der Waals surface area contributed by atoms with Crippen LogP contribution in [0.15, 0.2) is 12.1 Å². The van der Waals surface area contributed by atoms with Crippen LogP contribution in [0, 0.1) is 17.8 Å². The molecule has 1 aromatic carbocycles. The molecule has 2 bridgehead atoms. The first-order chi connectivity index (χ1) is 13.8. The predicted molar refractivity (Wildman–Crippen MR) is 105 cm³/mol. The summed E-state index contributed by atoms with van der Waals surface area (Å²) in [5, 5.41) is 23.2. The van der Waals surface area contributed by atoms with Crippen LogP contribution in [-0.4, -0.2) is 65.7 Å². The molecule has 7 atom stereocenters. The van der Waals surface area contributed by atoms with Gasteiger partial charge in [-0.25, -0.2) is 0 Å². The van der Waals surface area contributed by atoms with Crippen molar-refractivity contribution in [2.24, 2.45) is 17.8 Å². The quantitative estimate of drug-likeness (QED) is 0.743. The van der Waals surface area contributed by atoms with E-state index in [9.17, 15) is 15.0 Å². The average Bonchev–Trinajstić information content (AvgIpc) is 3.17. The summed E-state index contributed by atoms with van der Waals surface area (Å²) in [6, 6.07) is 3.48. The second-order valence-corrected chi connectivity index (χ2v) is 9.56. The molecule has 1 aliphatic carbocycles. The van der Waals surface area contributed by atoms with E-state index in [1.165, 1.54) is 7.11 Å². The number of aromatic hydroxyl groups is 1. The first-order valence-electron chi connectivity index (χ1n) is 10.6. The summed E-state index contributed by atoms with van der Waals surface area (Å²) in [6.45, 7) is 5.87. The van der Waals surface area contributed by atoms with Gasteiger partial charge in [0.05, 0.1) is 37.0 Å². The van der Waals surface area contributed by atoms with E-state index in [1.54, 1.807) is 17.9 Å². The molecule has 0 radical (unpaired) electrons. The molecule has 1 saturated carbocycles. The van der Waals surface area contributed by atoms with E-state index in [0.717, 1.165) is 25.1 Å². The Hall–Kier alpha value is -1.83. The first kappa shape index (κ1) is 18.0. The number of methoxy groups -OCH3 is 1. The Labute approximate surface area is 170 Å². The molecular formula is C22H28N2O5. The number of benzene rings is 1. The zero-order valence-electron chi connectivity index (χ0n) is 17.1. The van der Waals surface area contributed by atoms with Crippen LogP contribution in [0.3, 0.4) is 0 Å². The lowest BCUT2D eigenvalue weighted by Crippen LogP contribution is -2.75. The Balaban J connectivity index is 1.65. The van der Waals surface area contributed by atoms with Crippen LogP contribution in [0.25, 0.3) is 0 Å². The van der Waals surface area contributed by atoms with Crippen LogP contribution >= 0.6 is 0 Å². The lowest BCUT2D eigenvalue weighted by molar-refractivity contribution is -0.249. The molecule has 3 saturated heterocycles. The fourth-order valence-corrected chi connectivity index (χ4v) is 7.70. The molecule has 1 spiro atoms. The van der Waals surface area contributed by atoms with Crippen LogP contribution in [0.5, 0.6) is 11.5 Å². The van der Waals surface area contributed by atoms with Gasteiger partial charge in [0.15, 0.2) is 11.5 Å². The van der Waals surface area contributed by atoms with Gasteiger partial charge >= 0.3 is 0 Å². The number of piperidine rings is 1. The molecule has 4 aliphatic heterocycles. The minimum atomic E-state index is -1.01. The molecule has 2 N–H and O–H groups in total. The summed E-state index contributed by atoms with van der Waals surface area (Å²) in [4.78, 5) is 16.9. The van der Waals surface area contributed by atoms with Crippen LogP contribution in [-0.2, 0) is 14.9 Å². The van der Waals surface area contributed by atoms with Gasteiger partial charge in [-0.2, -0.15) is 0 Å². The number of hydrogen-bond acceptors (Lipinski definition) is 6. The van der Waals surface area contributed by atoms with E-state index in [2.05, 4.69) is 11.8 Å². The maximum absolute atomic E-state index is 13.0. The number of phenolic OH excluding ortho intramolecular Hbond substituents is 1. The normalized spacial score (nSPS) is 44.4. The molecule has 7 nitrogen and oxygen atoms in total. The highest BCUT2D eigenvalue weighted by molar-refractivity contribution is 5.99. The first-order valence-corrected chi connectivity index (χ1v) is 10.6. The maximum Gasteiger partial charge on any atom is 0.224 e. The number of phenols is 1. The summed E-state index contributed by atoms with van der Waals surface area (Å²) in [7, 11) is 1.51. The fourth-order valence-electron chi connectivity index (χ4n) is 7.70. The van der Waals surface area contributed by atoms with Crippen molar-refractivity contribution in [3.8, 4) is 11.5 Å². The Morgan fingerprint density at radius 2 is 2.10 bits per heavy atom. The van der Waals surface area contributed by atoms with Crippen molar-refractivity contribution in [1.29, 1.82) is 0 Å². The van der Waals surface area contributed by atoms with Crippen molar-refractivity contribution in [2.75, 3.05) is 31.7 Å². The number of carbonyl (C=O) groups excluding carboxylic acids is 1. The van der Waals surface area contributed by atoms with Crippen molar-refractivity contribution in [3.05, 3.63) is 17.7 Å². The zero-order valence-corrected chi connectivity index (χ0v) is 17.1. The third-order valence-electron chi connectivity index (χ3n) is 8.80. The van der Waals surface area contributed by atoms with Gasteiger partial charge in [-0.3, -0.25) is 9.69 Å². The molecule has 6 rings (SSSR count). The minimum absolute atomic E-state index is 0.0118. The average molecular weight is 400 g/mol. The van der Waals surface area contributed by atoms with Gasteiger partial charge in [-0.1, -0.05) is 6.07 Å². The SMILES string of the molecule is COc1ccc2c(c1O)N(C(C)=O)C1C3COC(C)C4CN5CCC21C5(O)CC43. The maximum atomic E-state index is 13.0. The smallest absolute Gasteiger partial charge is 0.224 e. The van der Waals surface area contributed by atoms with Gasteiger partial charge in [0.25, 0.3) is 0 Å². The Kier molecular flexibility index (Phi) is 3.38. The van der Waals surface area contributed by atoms with Crippen molar-refractivity contribution in [1.82, 2.24) is 4.90 Å². The van der Waals surface area contributed by atoms with Crippen LogP contribution < -0.4 is 9.64 Å². The third kappa shape index (κ3) is 1.80. The number of rotatable bonds is 1. The molecule has 5 aliphatic rings. The van der Waals surface area contributed by atoms with E-state index in [-0.39, 0.29) is 29.7 Å². The fraction of sp³-hybridized carbons (Fsp3) is 0.682. The molecular weight excluding hydrogens is 372 g/mol. The van der Waals surface area contributed by atoms with Crippen LogP contribution in [0.2, 0.25) is 0 Å². The van der Waals surface area contributed by atoms with Gasteiger partial charge in [-0.15, -0.1) is 0 Å². The summed E-state index contributed by atoms with van der Waals surface area (Å²) < 4.78 is 11.6. The lowest BCUT2D eigenvalue weighted by atomic mass is 9.51. The predicted octanol–water partition coefficient (Wildman–Crippen LogP) is 1.45. The van der Waals surface area contributed by atoms with Gasteiger partial charge in [-0.05, 0) is 37.3 Å². The van der Waals surface area contributed by atoms with E-state index in [1.807, 2.05) is 6.07 Å². The molecule has 7 heteroatoms. The Morgan fingerprint density at radius 3 is 2.83 bits per heavy atom. The summed E-state index contributed by atoms with van der Waals surface area (Å²) >= 11 is 0. The van der Waals surface area contributed by atoms with E-state index < -0.39 is 11.1 Å². The second-order valence-electron chi connectivity index (χ2n) is 9.56. The number of amides is 1. The molecule has 1 aromatic rings. The molecule has 4 fully saturated rings. The highest BCUT2D eigenvalue weighted by atomic mass is 16.5. The van der Waals surface area contributed by atoms with E-state index in [4.69, 9.17) is 9.47 Å². The largest absolute Gasteiger partial charge is 0.503 e. The number of nitrogens with zero attached hydrogens (tertiary/aromatic N) is 2. The number of anilines is 1. The molecule has 4 heterocycles. The number of ether oxygens (including phenoxy) is 2. The van der Waals surface area contributed by atoms with Crippen LogP contribution in [0.1, 0.15) is 32.3 Å². The zero-order chi connectivity index (χ0) is 20.3. The van der Waals surface area contributed by atoms with Crippen molar-refractivity contribution < 1.29 is 24.5 Å². The number of hydrogen-bond donors (Lipinski definition) is 2. The molecule has 29 heavy (non-hydrogen) atoms. The minimum Gasteiger partial charge on any atom is -0.503 e. The van der Waals surface area contributed by atoms with Gasteiger partial charge in [0, 0.05) is 31.8 Å². The summed E-state index contributed by atoms with van der Waals surface area (Å²) in [5.41, 5.74) is -0.239. The number of aliphatic hydroxyl groups is 1. The highest BCUT2D eigenvalue weighted by Crippen LogP contribution is 2.69. The molecule has 1 amide bonds. The Bertz CT molecular complexity index is 921. The summed E-state index contributed by atoms with van der Waals surface area (Å²) in [5.74, 6) is 1.01. The topological polar surface area (TPSA) is 82.5 Å². The second kappa shape index (κ2) is 5.45. The van der Waals surface area contributed by atoms with E-state index >= 15 is 0 Å². The molecule has 7 unspecified atom stereocenters. The standard InChI is InChI=1S/C22H28N2O5/c1-11-14-9-23-7-6-21-16-4-5-17(28-3)19(26)18(16)24(12(2)25)20(21)15(10-29-11)13(14)8-22(21,23)27/h4-5,11,13-15,20,26-27H,6-10H2,1-3H3. The van der Waals surface area contributed by atoms with Gasteiger partial charge in [0.2, 0.25) is 5.91 Å². The van der Waals surface area contributed by atoms with Gasteiger partial charge < -0.3 is 24.6 Å². The number of carbonyl (C=O) groups is 1. The highest BCUT2D eigenvalue weighted by Gasteiger charge is 2.76. The van der Waals surface area contributed by atoms with E-state index in [0.29, 0.717) is 36.3 Å². The summed E-state index contributed by atoms with van der Waals surface area (Å²) in [6.07, 6.45) is 1.61. The monoisotopic (exact) mass is 400 g/mol. The van der Waals surface area contributed by atoms with Crippen molar-refractivity contribution >= 4 is 11.6 Å². The van der Waals surface area contributed by atoms with Crippen LogP contribution in [0.4, 0.5) is 5.69 Å². The molecule has 156 valence electrons. The lowest BCUT2D eigenvalue weighted by Gasteiger charge is -2.64. The Morgan fingerprint density at radius 1 is 1.31 bits per heavy atom. The van der Waals surface area contributed by atoms with Gasteiger partial charge in [0.1, 0.15) is 5.72 Å². The van der Waals surface area contributed by atoms with Crippen molar-refractivity contribution in [3.63, 3.8) is 0 Å².